The summed E-state index contributed by atoms with van der Waals surface area (Å²) in [5.41, 5.74) is 0.595. The molecule has 4 rings (SSSR count). The second-order valence-corrected chi connectivity index (χ2v) is 6.49. The fourth-order valence-electron chi connectivity index (χ4n) is 2.52. The van der Waals surface area contributed by atoms with E-state index >= 15 is 0 Å². The van der Waals surface area contributed by atoms with Crippen LogP contribution in [0.2, 0.25) is 0 Å². The molecule has 0 saturated carbocycles. The Morgan fingerprint density at radius 2 is 1.92 bits per heavy atom. The Morgan fingerprint density at radius 1 is 1.08 bits per heavy atom. The number of fused-ring (bicyclic) bond motifs is 2. The highest BCUT2D eigenvalue weighted by Gasteiger charge is 2.18. The minimum absolute atomic E-state index is 0.136. The topological polar surface area (TPSA) is 56.5 Å². The van der Waals surface area contributed by atoms with Crippen LogP contribution in [0.15, 0.2) is 59.0 Å². The minimum Gasteiger partial charge on any atom is -0.453 e. The summed E-state index contributed by atoms with van der Waals surface area (Å²) in [7, 11) is 0. The number of benzene rings is 2. The van der Waals surface area contributed by atoms with Crippen molar-refractivity contribution in [1.82, 2.24) is 0 Å². The standard InChI is InChI=1S/C19H11FO4S/c20-13-5-3-7-17-12(13)9-18(25-17)19(22)23-10-14(21)16-8-11-4-1-2-6-15(11)24-16/h1-9H,10H2. The van der Waals surface area contributed by atoms with Crippen molar-refractivity contribution in [3.8, 4) is 0 Å². The molecule has 0 aliphatic heterocycles. The molecule has 0 spiro atoms. The van der Waals surface area contributed by atoms with Gasteiger partial charge in [-0.05, 0) is 30.3 Å². The fourth-order valence-corrected chi connectivity index (χ4v) is 3.49. The van der Waals surface area contributed by atoms with Crippen molar-refractivity contribution in [3.63, 3.8) is 0 Å². The molecule has 2 aromatic carbocycles. The van der Waals surface area contributed by atoms with Crippen LogP contribution < -0.4 is 0 Å². The summed E-state index contributed by atoms with van der Waals surface area (Å²) in [6.45, 7) is -0.435. The van der Waals surface area contributed by atoms with Crippen LogP contribution in [0.4, 0.5) is 4.39 Å². The molecule has 0 unspecified atom stereocenters. The van der Waals surface area contributed by atoms with Gasteiger partial charge < -0.3 is 9.15 Å². The van der Waals surface area contributed by atoms with Crippen molar-refractivity contribution < 1.29 is 23.1 Å². The van der Waals surface area contributed by atoms with Gasteiger partial charge in [0.1, 0.15) is 16.3 Å². The molecular formula is C19H11FO4S. The molecule has 0 fully saturated rings. The third kappa shape index (κ3) is 2.92. The molecule has 4 aromatic rings. The van der Waals surface area contributed by atoms with E-state index < -0.39 is 24.2 Å². The van der Waals surface area contributed by atoms with Crippen molar-refractivity contribution in [2.75, 3.05) is 6.61 Å². The Bertz CT molecular complexity index is 1080. The van der Waals surface area contributed by atoms with E-state index in [-0.39, 0.29) is 10.6 Å². The molecule has 2 aromatic heterocycles. The third-order valence-corrected chi connectivity index (χ3v) is 4.82. The fraction of sp³-hybridized carbons (Fsp3) is 0.0526. The monoisotopic (exact) mass is 354 g/mol. The zero-order valence-corrected chi connectivity index (χ0v) is 13.6. The van der Waals surface area contributed by atoms with Crippen LogP contribution in [-0.2, 0) is 4.74 Å². The Kier molecular flexibility index (Phi) is 3.82. The molecule has 0 atom stereocenters. The molecule has 0 aliphatic rings. The number of esters is 1. The number of hydrogen-bond donors (Lipinski definition) is 0. The number of para-hydroxylation sites is 1. The number of carbonyl (C=O) groups is 2. The van der Waals surface area contributed by atoms with E-state index in [1.165, 1.54) is 12.1 Å². The van der Waals surface area contributed by atoms with Crippen molar-refractivity contribution in [1.29, 1.82) is 0 Å². The maximum absolute atomic E-state index is 13.7. The number of hydrogen-bond acceptors (Lipinski definition) is 5. The first-order valence-electron chi connectivity index (χ1n) is 7.49. The van der Waals surface area contributed by atoms with Gasteiger partial charge in [0.05, 0.1) is 0 Å². The SMILES string of the molecule is O=C(COC(=O)c1cc2c(F)cccc2s1)c1cc2ccccc2o1. The van der Waals surface area contributed by atoms with E-state index in [1.807, 2.05) is 12.1 Å². The van der Waals surface area contributed by atoms with Gasteiger partial charge >= 0.3 is 5.97 Å². The van der Waals surface area contributed by atoms with Crippen LogP contribution in [0.5, 0.6) is 0 Å². The van der Waals surface area contributed by atoms with Crippen molar-refractivity contribution in [3.05, 3.63) is 71.1 Å². The van der Waals surface area contributed by atoms with Crippen LogP contribution in [-0.4, -0.2) is 18.4 Å². The van der Waals surface area contributed by atoms with Gasteiger partial charge in [-0.1, -0.05) is 24.3 Å². The van der Waals surface area contributed by atoms with Crippen molar-refractivity contribution in [2.45, 2.75) is 0 Å². The molecule has 6 heteroatoms. The third-order valence-electron chi connectivity index (χ3n) is 3.74. The maximum atomic E-state index is 13.7. The molecule has 124 valence electrons. The summed E-state index contributed by atoms with van der Waals surface area (Å²) in [4.78, 5) is 24.5. The maximum Gasteiger partial charge on any atom is 0.348 e. The molecule has 0 amide bonds. The number of rotatable bonds is 4. The number of thiophene rings is 1. The summed E-state index contributed by atoms with van der Waals surface area (Å²) < 4.78 is 24.8. The van der Waals surface area contributed by atoms with Crippen LogP contribution in [0.25, 0.3) is 21.1 Å². The predicted molar refractivity (Wildman–Crippen MR) is 92.6 cm³/mol. The van der Waals surface area contributed by atoms with Crippen molar-refractivity contribution >= 4 is 44.1 Å². The van der Waals surface area contributed by atoms with E-state index in [4.69, 9.17) is 9.15 Å². The van der Waals surface area contributed by atoms with Gasteiger partial charge in [0.2, 0.25) is 5.78 Å². The van der Waals surface area contributed by atoms with Gasteiger partial charge in [0, 0.05) is 15.5 Å². The highest BCUT2D eigenvalue weighted by atomic mass is 32.1. The quantitative estimate of drug-likeness (QED) is 0.389. The molecule has 4 nitrogen and oxygen atoms in total. The number of furan rings is 1. The van der Waals surface area contributed by atoms with Crippen LogP contribution in [0.1, 0.15) is 20.2 Å². The summed E-state index contributed by atoms with van der Waals surface area (Å²) in [6.07, 6.45) is 0. The predicted octanol–water partition coefficient (Wildman–Crippen LogP) is 4.83. The lowest BCUT2D eigenvalue weighted by molar-refractivity contribution is 0.0473. The first kappa shape index (κ1) is 15.5. The lowest BCUT2D eigenvalue weighted by Crippen LogP contribution is -2.12. The normalized spacial score (nSPS) is 11.1. The average molecular weight is 354 g/mol. The van der Waals surface area contributed by atoms with E-state index in [1.54, 1.807) is 30.3 Å². The molecule has 0 saturated heterocycles. The Hall–Kier alpha value is -2.99. The summed E-state index contributed by atoms with van der Waals surface area (Å²) in [5, 5.41) is 1.17. The molecule has 0 aliphatic carbocycles. The molecule has 0 bridgehead atoms. The Morgan fingerprint density at radius 3 is 2.72 bits per heavy atom. The first-order chi connectivity index (χ1) is 12.1. The van der Waals surface area contributed by atoms with Crippen LogP contribution in [0, 0.1) is 5.82 Å². The lowest BCUT2D eigenvalue weighted by Gasteiger charge is -2.00. The highest BCUT2D eigenvalue weighted by molar-refractivity contribution is 7.20. The number of carbonyl (C=O) groups excluding carboxylic acids is 2. The van der Waals surface area contributed by atoms with Crippen LogP contribution in [0.3, 0.4) is 0 Å². The molecule has 0 N–H and O–H groups in total. The zero-order chi connectivity index (χ0) is 17.4. The number of halogens is 1. The number of Topliss-reactive ketones (excluding diaryl/α,β-unsaturated/α-hetero) is 1. The van der Waals surface area contributed by atoms with E-state index in [2.05, 4.69) is 0 Å². The molecular weight excluding hydrogens is 343 g/mol. The van der Waals surface area contributed by atoms with Gasteiger partial charge in [0.25, 0.3) is 0 Å². The smallest absolute Gasteiger partial charge is 0.348 e. The second kappa shape index (κ2) is 6.14. The average Bonchev–Trinajstić information content (AvgIpc) is 3.24. The molecule has 0 radical (unpaired) electrons. The Labute approximate surface area is 145 Å². The van der Waals surface area contributed by atoms with Crippen molar-refractivity contribution in [2.24, 2.45) is 0 Å². The summed E-state index contributed by atoms with van der Waals surface area (Å²) in [6, 6.07) is 14.9. The van der Waals surface area contributed by atoms with Gasteiger partial charge in [-0.15, -0.1) is 11.3 Å². The second-order valence-electron chi connectivity index (χ2n) is 5.41. The lowest BCUT2D eigenvalue weighted by atomic mass is 10.2. The van der Waals surface area contributed by atoms with Gasteiger partial charge in [-0.2, -0.15) is 0 Å². The zero-order valence-electron chi connectivity index (χ0n) is 12.8. The Balaban J connectivity index is 1.48. The summed E-state index contributed by atoms with van der Waals surface area (Å²) >= 11 is 1.12. The largest absolute Gasteiger partial charge is 0.453 e. The minimum atomic E-state index is -0.662. The van der Waals surface area contributed by atoms with Gasteiger partial charge in [-0.3, -0.25) is 4.79 Å². The van der Waals surface area contributed by atoms with E-state index in [0.29, 0.717) is 15.7 Å². The molecule has 2 heterocycles. The summed E-state index contributed by atoms with van der Waals surface area (Å²) in [5.74, 6) is -1.36. The number of ether oxygens (including phenoxy) is 1. The number of ketones is 1. The van der Waals surface area contributed by atoms with E-state index in [0.717, 1.165) is 16.7 Å². The van der Waals surface area contributed by atoms with E-state index in [9.17, 15) is 14.0 Å². The van der Waals surface area contributed by atoms with Gasteiger partial charge in [-0.25, -0.2) is 9.18 Å². The first-order valence-corrected chi connectivity index (χ1v) is 8.30. The molecule has 25 heavy (non-hydrogen) atoms. The highest BCUT2D eigenvalue weighted by Crippen LogP contribution is 2.28. The van der Waals surface area contributed by atoms with Gasteiger partial charge in [0.15, 0.2) is 12.4 Å². The van der Waals surface area contributed by atoms with Crippen LogP contribution >= 0.6 is 11.3 Å².